The second-order valence-corrected chi connectivity index (χ2v) is 11.1. The Morgan fingerprint density at radius 2 is 1.67 bits per heavy atom. The first-order chi connectivity index (χ1) is 12.7. The molecule has 0 radical (unpaired) electrons. The fourth-order valence-corrected chi connectivity index (χ4v) is 7.92. The minimum atomic E-state index is -3.79. The van der Waals surface area contributed by atoms with Crippen LogP contribution in [0, 0.1) is 6.92 Å². The molecule has 2 aromatic rings. The molecule has 1 aliphatic heterocycles. The smallest absolute Gasteiger partial charge is 0.183 e. The van der Waals surface area contributed by atoms with Gasteiger partial charge in [0.15, 0.2) is 19.7 Å². The van der Waals surface area contributed by atoms with Crippen molar-refractivity contribution in [3.8, 4) is 5.75 Å². The average molecular weight is 410 g/mol. The van der Waals surface area contributed by atoms with Gasteiger partial charge in [0.1, 0.15) is 5.75 Å². The molecule has 1 fully saturated rings. The Kier molecular flexibility index (Phi) is 5.60. The molecular formula is C19H23NO5S2. The molecule has 0 unspecified atom stereocenters. The zero-order chi connectivity index (χ0) is 19.7. The highest BCUT2D eigenvalue weighted by Crippen LogP contribution is 2.27. The quantitative estimate of drug-likeness (QED) is 0.782. The zero-order valence-electron chi connectivity index (χ0n) is 15.3. The van der Waals surface area contributed by atoms with Gasteiger partial charge in [-0.25, -0.2) is 16.8 Å². The Balaban J connectivity index is 1.82. The van der Waals surface area contributed by atoms with Gasteiger partial charge in [-0.05, 0) is 36.8 Å². The van der Waals surface area contributed by atoms with Crippen molar-refractivity contribution in [3.05, 3.63) is 59.7 Å². The lowest BCUT2D eigenvalue weighted by Crippen LogP contribution is -2.43. The van der Waals surface area contributed by atoms with Gasteiger partial charge in [-0.15, -0.1) is 0 Å². The van der Waals surface area contributed by atoms with Gasteiger partial charge in [0.25, 0.3) is 0 Å². The molecule has 2 atom stereocenters. The summed E-state index contributed by atoms with van der Waals surface area (Å²) in [5.74, 6) is -0.00621. The number of rotatable bonds is 6. The number of aryl methyl sites for hydroxylation is 1. The molecular weight excluding hydrogens is 386 g/mol. The van der Waals surface area contributed by atoms with Crippen molar-refractivity contribution >= 4 is 19.7 Å². The molecule has 2 aromatic carbocycles. The van der Waals surface area contributed by atoms with Crippen LogP contribution in [0.5, 0.6) is 5.75 Å². The topological polar surface area (TPSA) is 89.5 Å². The number of hydrogen-bond donors (Lipinski definition) is 1. The van der Waals surface area contributed by atoms with E-state index in [2.05, 4.69) is 5.32 Å². The Morgan fingerprint density at radius 3 is 2.26 bits per heavy atom. The predicted molar refractivity (Wildman–Crippen MR) is 104 cm³/mol. The highest BCUT2D eigenvalue weighted by molar-refractivity contribution is 7.96. The van der Waals surface area contributed by atoms with Gasteiger partial charge >= 0.3 is 0 Å². The number of nitrogens with one attached hydrogen (secondary N) is 1. The van der Waals surface area contributed by atoms with Crippen molar-refractivity contribution in [1.29, 1.82) is 0 Å². The van der Waals surface area contributed by atoms with E-state index in [1.165, 1.54) is 19.2 Å². The van der Waals surface area contributed by atoms with Crippen LogP contribution >= 0.6 is 0 Å². The molecule has 8 heteroatoms. The van der Waals surface area contributed by atoms with Crippen LogP contribution in [-0.2, 0) is 26.2 Å². The van der Waals surface area contributed by atoms with Crippen molar-refractivity contribution in [1.82, 2.24) is 5.32 Å². The van der Waals surface area contributed by atoms with Gasteiger partial charge in [0, 0.05) is 12.6 Å². The van der Waals surface area contributed by atoms with Gasteiger partial charge in [0.2, 0.25) is 0 Å². The molecule has 0 saturated carbocycles. The monoisotopic (exact) mass is 409 g/mol. The average Bonchev–Trinajstić information content (AvgIpc) is 2.97. The Hall–Kier alpha value is -1.90. The predicted octanol–water partition coefficient (Wildman–Crippen LogP) is 1.73. The summed E-state index contributed by atoms with van der Waals surface area (Å²) < 4.78 is 55.5. The molecule has 0 bridgehead atoms. The fraction of sp³-hybridized carbons (Fsp3) is 0.368. The highest BCUT2D eigenvalue weighted by atomic mass is 32.2. The first-order valence-electron chi connectivity index (χ1n) is 8.58. The summed E-state index contributed by atoms with van der Waals surface area (Å²) >= 11 is 0. The maximum Gasteiger partial charge on any atom is 0.183 e. The van der Waals surface area contributed by atoms with Gasteiger partial charge in [-0.2, -0.15) is 0 Å². The normalized spacial score (nSPS) is 21.9. The summed E-state index contributed by atoms with van der Waals surface area (Å²) in [6.07, 6.45) is 0. The lowest BCUT2D eigenvalue weighted by molar-refractivity contribution is 0.414. The van der Waals surface area contributed by atoms with E-state index in [9.17, 15) is 16.8 Å². The summed E-state index contributed by atoms with van der Waals surface area (Å²) in [5, 5.41) is 2.13. The van der Waals surface area contributed by atoms with Crippen LogP contribution in [0.15, 0.2) is 53.4 Å². The Labute approximate surface area is 160 Å². The molecule has 0 spiro atoms. The van der Waals surface area contributed by atoms with Gasteiger partial charge in [-0.3, -0.25) is 0 Å². The van der Waals surface area contributed by atoms with Gasteiger partial charge < -0.3 is 10.1 Å². The minimum Gasteiger partial charge on any atom is -0.497 e. The third kappa shape index (κ3) is 4.51. The zero-order valence-corrected chi connectivity index (χ0v) is 16.9. The first-order valence-corrected chi connectivity index (χ1v) is 12.0. The molecule has 6 nitrogen and oxygen atoms in total. The summed E-state index contributed by atoms with van der Waals surface area (Å²) in [4.78, 5) is 0.104. The van der Waals surface area contributed by atoms with Crippen molar-refractivity contribution in [2.45, 2.75) is 29.7 Å². The molecule has 0 aliphatic carbocycles. The number of hydrogen-bond acceptors (Lipinski definition) is 6. The highest BCUT2D eigenvalue weighted by Gasteiger charge is 2.45. The number of ether oxygens (including phenoxy) is 1. The largest absolute Gasteiger partial charge is 0.497 e. The Morgan fingerprint density at radius 1 is 1.04 bits per heavy atom. The van der Waals surface area contributed by atoms with Crippen molar-refractivity contribution in [2.24, 2.45) is 0 Å². The summed E-state index contributed by atoms with van der Waals surface area (Å²) in [5.41, 5.74) is 2.10. The van der Waals surface area contributed by atoms with Crippen LogP contribution in [0.2, 0.25) is 0 Å². The van der Waals surface area contributed by atoms with Crippen LogP contribution in [0.4, 0.5) is 0 Å². The standard InChI is InChI=1S/C19H23NO5S2/c1-14-3-5-15(6-4-14)11-20-18-12-26(21,22)13-19(18)27(23,24)17-9-7-16(25-2)8-10-17/h3-10,18-20H,11-13H2,1-2H3/t18-,19-/m0/s1. The molecule has 3 rings (SSSR count). The maximum absolute atomic E-state index is 13.0. The molecule has 0 amide bonds. The van der Waals surface area contributed by atoms with E-state index in [0.717, 1.165) is 11.1 Å². The van der Waals surface area contributed by atoms with Crippen molar-refractivity contribution in [3.63, 3.8) is 0 Å². The van der Waals surface area contributed by atoms with E-state index in [4.69, 9.17) is 4.74 Å². The summed E-state index contributed by atoms with van der Waals surface area (Å²) in [6.45, 7) is 2.40. The van der Waals surface area contributed by atoms with E-state index >= 15 is 0 Å². The second kappa shape index (κ2) is 7.61. The molecule has 0 aromatic heterocycles. The minimum absolute atomic E-state index is 0.104. The lowest BCUT2D eigenvalue weighted by atomic mass is 10.1. The fourth-order valence-electron chi connectivity index (χ4n) is 3.21. The van der Waals surface area contributed by atoms with Crippen LogP contribution < -0.4 is 10.1 Å². The second-order valence-electron chi connectivity index (χ2n) is 6.81. The SMILES string of the molecule is COc1ccc(S(=O)(=O)[C@H]2CS(=O)(=O)C[C@@H]2NCc2ccc(C)cc2)cc1. The summed E-state index contributed by atoms with van der Waals surface area (Å²) in [7, 11) is -5.72. The van der Waals surface area contributed by atoms with E-state index in [1.54, 1.807) is 12.1 Å². The third-order valence-corrected chi connectivity index (χ3v) is 8.94. The van der Waals surface area contributed by atoms with E-state index in [0.29, 0.717) is 12.3 Å². The lowest BCUT2D eigenvalue weighted by Gasteiger charge is -2.20. The number of methoxy groups -OCH3 is 1. The summed E-state index contributed by atoms with van der Waals surface area (Å²) in [6, 6.07) is 13.2. The molecule has 1 N–H and O–H groups in total. The van der Waals surface area contributed by atoms with Crippen LogP contribution in [0.1, 0.15) is 11.1 Å². The first kappa shape index (κ1) is 19.9. The van der Waals surface area contributed by atoms with Gasteiger partial charge in [-0.1, -0.05) is 29.8 Å². The van der Waals surface area contributed by atoms with Crippen LogP contribution in [0.3, 0.4) is 0 Å². The maximum atomic E-state index is 13.0. The van der Waals surface area contributed by atoms with Gasteiger partial charge in [0.05, 0.1) is 28.8 Å². The van der Waals surface area contributed by atoms with Crippen LogP contribution in [-0.4, -0.2) is 46.7 Å². The molecule has 1 saturated heterocycles. The Bertz CT molecular complexity index is 997. The number of benzene rings is 2. The van der Waals surface area contributed by atoms with Crippen molar-refractivity contribution < 1.29 is 21.6 Å². The van der Waals surface area contributed by atoms with E-state index in [1.807, 2.05) is 31.2 Å². The van der Waals surface area contributed by atoms with E-state index < -0.39 is 31.0 Å². The molecule has 27 heavy (non-hydrogen) atoms. The third-order valence-electron chi connectivity index (χ3n) is 4.78. The van der Waals surface area contributed by atoms with E-state index in [-0.39, 0.29) is 16.4 Å². The molecule has 146 valence electrons. The molecule has 1 heterocycles. The van der Waals surface area contributed by atoms with Crippen LogP contribution in [0.25, 0.3) is 0 Å². The molecule has 1 aliphatic rings. The number of sulfone groups is 2. The van der Waals surface area contributed by atoms with Crippen molar-refractivity contribution in [2.75, 3.05) is 18.6 Å².